The number of thioether (sulfide) groups is 2. The summed E-state index contributed by atoms with van der Waals surface area (Å²) in [6.45, 7) is 3.59. The van der Waals surface area contributed by atoms with Gasteiger partial charge in [0.2, 0.25) is 0 Å². The molecule has 0 spiro atoms. The molecular weight excluding hydrogens is 216 g/mol. The molecule has 0 rings (SSSR count). The lowest BCUT2D eigenvalue weighted by atomic mass is 10.4. The first-order valence-electron chi connectivity index (χ1n) is 4.74. The van der Waals surface area contributed by atoms with Gasteiger partial charge in [0, 0.05) is 18.3 Å². The summed E-state index contributed by atoms with van der Waals surface area (Å²) in [7, 11) is 0. The Hall–Kier alpha value is -0.0300. The second-order valence-electron chi connectivity index (χ2n) is 3.03. The molecule has 0 unspecified atom stereocenters. The Labute approximate surface area is 95.2 Å². The van der Waals surface area contributed by atoms with Gasteiger partial charge in [0.25, 0.3) is 0 Å². The minimum atomic E-state index is -0.0491. The zero-order valence-corrected chi connectivity index (χ0v) is 10.8. The number of carbonyl (C=O) groups is 1. The van der Waals surface area contributed by atoms with E-state index in [9.17, 15) is 4.79 Å². The van der Waals surface area contributed by atoms with Gasteiger partial charge in [-0.2, -0.15) is 23.5 Å². The van der Waals surface area contributed by atoms with Crippen molar-refractivity contribution in [3.63, 3.8) is 0 Å². The van der Waals surface area contributed by atoms with Gasteiger partial charge < -0.3 is 10.6 Å². The Bertz CT molecular complexity index is 156. The van der Waals surface area contributed by atoms with Gasteiger partial charge in [0.1, 0.15) is 0 Å². The highest BCUT2D eigenvalue weighted by Crippen LogP contribution is 2.02. The minimum absolute atomic E-state index is 0.0491. The summed E-state index contributed by atoms with van der Waals surface area (Å²) in [5.41, 5.74) is 0. The molecule has 0 radical (unpaired) electrons. The van der Waals surface area contributed by atoms with E-state index in [2.05, 4.69) is 23.8 Å². The second-order valence-corrected chi connectivity index (χ2v) is 5.29. The topological polar surface area (TPSA) is 41.1 Å². The van der Waals surface area contributed by atoms with Crippen LogP contribution in [0.5, 0.6) is 0 Å². The summed E-state index contributed by atoms with van der Waals surface area (Å²) in [5.74, 6) is 1.10. The van der Waals surface area contributed by atoms with Crippen LogP contribution in [0.3, 0.4) is 0 Å². The molecule has 0 aliphatic rings. The summed E-state index contributed by atoms with van der Waals surface area (Å²) in [4.78, 5) is 11.2. The van der Waals surface area contributed by atoms with Gasteiger partial charge in [-0.3, -0.25) is 0 Å². The van der Waals surface area contributed by atoms with Crippen molar-refractivity contribution in [2.45, 2.75) is 18.6 Å². The van der Waals surface area contributed by atoms with Crippen molar-refractivity contribution >= 4 is 29.6 Å². The number of carbonyl (C=O) groups excluding carboxylic acids is 1. The molecular formula is C9H20N2OS2. The van der Waals surface area contributed by atoms with Crippen molar-refractivity contribution in [3.8, 4) is 0 Å². The van der Waals surface area contributed by atoms with Crippen LogP contribution in [0.1, 0.15) is 13.3 Å². The highest BCUT2D eigenvalue weighted by Gasteiger charge is 2.02. The quantitative estimate of drug-likeness (QED) is 0.662. The smallest absolute Gasteiger partial charge is 0.314 e. The van der Waals surface area contributed by atoms with Crippen molar-refractivity contribution in [1.29, 1.82) is 0 Å². The standard InChI is InChI=1S/C9H20N2OS2/c1-8(14-3)7-11-9(12)10-5-4-6-13-2/h8H,4-7H2,1-3H3,(H2,10,11,12)/t8-/m0/s1. The monoisotopic (exact) mass is 236 g/mol. The average molecular weight is 236 g/mol. The number of urea groups is 1. The number of hydrogen-bond acceptors (Lipinski definition) is 3. The molecule has 0 aliphatic heterocycles. The molecule has 0 aromatic heterocycles. The Balaban J connectivity index is 3.28. The van der Waals surface area contributed by atoms with E-state index in [1.165, 1.54) is 0 Å². The van der Waals surface area contributed by atoms with Crippen LogP contribution in [0, 0.1) is 0 Å². The summed E-state index contributed by atoms with van der Waals surface area (Å²) in [6, 6.07) is -0.0491. The van der Waals surface area contributed by atoms with Crippen LogP contribution in [-0.2, 0) is 0 Å². The van der Waals surface area contributed by atoms with Crippen LogP contribution in [0.25, 0.3) is 0 Å². The molecule has 2 N–H and O–H groups in total. The third kappa shape index (κ3) is 8.56. The molecule has 0 saturated heterocycles. The van der Waals surface area contributed by atoms with Crippen LogP contribution < -0.4 is 10.6 Å². The normalized spacial score (nSPS) is 12.2. The molecule has 0 aliphatic carbocycles. The summed E-state index contributed by atoms with van der Waals surface area (Å²) in [6.07, 6.45) is 5.15. The third-order valence-electron chi connectivity index (χ3n) is 1.76. The van der Waals surface area contributed by atoms with Crippen molar-refractivity contribution in [2.24, 2.45) is 0 Å². The van der Waals surface area contributed by atoms with Crippen LogP contribution in [0.4, 0.5) is 4.79 Å². The fourth-order valence-electron chi connectivity index (χ4n) is 0.801. The highest BCUT2D eigenvalue weighted by atomic mass is 32.2. The fourth-order valence-corrected chi connectivity index (χ4v) is 1.48. The van der Waals surface area contributed by atoms with Gasteiger partial charge in [0.15, 0.2) is 0 Å². The lowest BCUT2D eigenvalue weighted by molar-refractivity contribution is 0.241. The predicted molar refractivity (Wildman–Crippen MR) is 67.4 cm³/mol. The van der Waals surface area contributed by atoms with Crippen molar-refractivity contribution in [1.82, 2.24) is 10.6 Å². The Morgan fingerprint density at radius 3 is 2.64 bits per heavy atom. The summed E-state index contributed by atoms with van der Waals surface area (Å²) in [5, 5.41) is 6.14. The van der Waals surface area contributed by atoms with Crippen molar-refractivity contribution < 1.29 is 4.79 Å². The molecule has 0 heterocycles. The molecule has 0 aromatic carbocycles. The number of amides is 2. The molecule has 0 fully saturated rings. The van der Waals surface area contributed by atoms with Crippen LogP contribution in [-0.4, -0.2) is 42.6 Å². The maximum atomic E-state index is 11.2. The highest BCUT2D eigenvalue weighted by molar-refractivity contribution is 7.99. The van der Waals surface area contributed by atoms with Gasteiger partial charge in [-0.15, -0.1) is 0 Å². The van der Waals surface area contributed by atoms with E-state index in [1.807, 2.05) is 6.26 Å². The van der Waals surface area contributed by atoms with E-state index >= 15 is 0 Å². The van der Waals surface area contributed by atoms with Crippen LogP contribution >= 0.6 is 23.5 Å². The van der Waals surface area contributed by atoms with E-state index in [1.54, 1.807) is 23.5 Å². The number of nitrogens with one attached hydrogen (secondary N) is 2. The Morgan fingerprint density at radius 2 is 2.07 bits per heavy atom. The largest absolute Gasteiger partial charge is 0.338 e. The van der Waals surface area contributed by atoms with Gasteiger partial charge in [-0.05, 0) is 24.7 Å². The molecule has 1 atom stereocenters. The van der Waals surface area contributed by atoms with Crippen molar-refractivity contribution in [2.75, 3.05) is 31.4 Å². The molecule has 0 saturated carbocycles. The van der Waals surface area contributed by atoms with E-state index < -0.39 is 0 Å². The molecule has 0 aromatic rings. The third-order valence-corrected chi connectivity index (χ3v) is 3.43. The van der Waals surface area contributed by atoms with Gasteiger partial charge in [0.05, 0.1) is 0 Å². The molecule has 84 valence electrons. The SMILES string of the molecule is CSCCCNC(=O)NC[C@H](C)SC. The minimum Gasteiger partial charge on any atom is -0.338 e. The predicted octanol–water partition coefficient (Wildman–Crippen LogP) is 1.79. The zero-order valence-electron chi connectivity index (χ0n) is 9.13. The molecule has 3 nitrogen and oxygen atoms in total. The molecule has 14 heavy (non-hydrogen) atoms. The molecule has 2 amide bonds. The molecule has 5 heteroatoms. The lowest BCUT2D eigenvalue weighted by Crippen LogP contribution is -2.38. The van der Waals surface area contributed by atoms with E-state index in [4.69, 9.17) is 0 Å². The average Bonchev–Trinajstić information content (AvgIpc) is 2.21. The van der Waals surface area contributed by atoms with E-state index in [-0.39, 0.29) is 6.03 Å². The van der Waals surface area contributed by atoms with Crippen LogP contribution in [0.2, 0.25) is 0 Å². The van der Waals surface area contributed by atoms with Crippen molar-refractivity contribution in [3.05, 3.63) is 0 Å². The first-order chi connectivity index (χ1) is 6.70. The van der Waals surface area contributed by atoms with Gasteiger partial charge in [-0.1, -0.05) is 6.92 Å². The van der Waals surface area contributed by atoms with E-state index in [0.29, 0.717) is 5.25 Å². The first kappa shape index (κ1) is 14.0. The number of rotatable bonds is 7. The first-order valence-corrected chi connectivity index (χ1v) is 7.42. The zero-order chi connectivity index (χ0) is 10.8. The van der Waals surface area contributed by atoms with Gasteiger partial charge >= 0.3 is 6.03 Å². The maximum absolute atomic E-state index is 11.2. The second kappa shape index (κ2) is 9.52. The van der Waals surface area contributed by atoms with Gasteiger partial charge in [-0.25, -0.2) is 4.79 Å². The number of hydrogen-bond donors (Lipinski definition) is 2. The fraction of sp³-hybridized carbons (Fsp3) is 0.889. The lowest BCUT2D eigenvalue weighted by Gasteiger charge is -2.10. The molecule has 0 bridgehead atoms. The maximum Gasteiger partial charge on any atom is 0.314 e. The Morgan fingerprint density at radius 1 is 1.36 bits per heavy atom. The van der Waals surface area contributed by atoms with Crippen LogP contribution in [0.15, 0.2) is 0 Å². The van der Waals surface area contributed by atoms with E-state index in [0.717, 1.165) is 25.3 Å². The summed E-state index contributed by atoms with van der Waals surface area (Å²) < 4.78 is 0. The Kier molecular flexibility index (Phi) is 9.50. The summed E-state index contributed by atoms with van der Waals surface area (Å²) >= 11 is 3.55.